The van der Waals surface area contributed by atoms with Crippen LogP contribution in [0.5, 0.6) is 0 Å². The van der Waals surface area contributed by atoms with Crippen LogP contribution in [0.2, 0.25) is 5.02 Å². The Bertz CT molecular complexity index is 1320. The monoisotopic (exact) mass is 492 g/mol. The molecule has 0 bridgehead atoms. The zero-order chi connectivity index (χ0) is 24.9. The van der Waals surface area contributed by atoms with Crippen LogP contribution in [0.1, 0.15) is 43.7 Å². The average Bonchev–Trinajstić information content (AvgIpc) is 3.20. The molecule has 0 spiro atoms. The van der Waals surface area contributed by atoms with Gasteiger partial charge in [0.15, 0.2) is 5.58 Å². The summed E-state index contributed by atoms with van der Waals surface area (Å²) in [7, 11) is 0. The van der Waals surface area contributed by atoms with Gasteiger partial charge in [0.05, 0.1) is 30.2 Å². The van der Waals surface area contributed by atoms with Gasteiger partial charge in [-0.05, 0) is 68.1 Å². The zero-order valence-electron chi connectivity index (χ0n) is 20.3. The van der Waals surface area contributed by atoms with Crippen molar-refractivity contribution >= 4 is 34.2 Å². The van der Waals surface area contributed by atoms with Crippen molar-refractivity contribution in [2.75, 3.05) is 11.9 Å². The predicted molar refractivity (Wildman–Crippen MR) is 139 cm³/mol. The number of nitrogens with zero attached hydrogens (tertiary/aromatic N) is 1. The number of nitrogens with one attached hydrogen (secondary N) is 1. The normalized spacial score (nSPS) is 12.9. The number of benzene rings is 3. The van der Waals surface area contributed by atoms with E-state index in [4.69, 9.17) is 25.6 Å². The molecule has 0 radical (unpaired) electrons. The van der Waals surface area contributed by atoms with Crippen LogP contribution in [0, 0.1) is 6.92 Å². The van der Waals surface area contributed by atoms with Crippen LogP contribution in [0.3, 0.4) is 0 Å². The topological polar surface area (TPSA) is 73.6 Å². The van der Waals surface area contributed by atoms with E-state index in [1.807, 2.05) is 75.4 Å². The van der Waals surface area contributed by atoms with Gasteiger partial charge < -0.3 is 19.3 Å². The van der Waals surface area contributed by atoms with Crippen molar-refractivity contribution < 1.29 is 18.8 Å². The van der Waals surface area contributed by atoms with Crippen molar-refractivity contribution in [1.82, 2.24) is 5.16 Å². The highest BCUT2D eigenvalue weighted by Crippen LogP contribution is 2.34. The fraction of sp³-hybridized carbons (Fsp3) is 0.286. The van der Waals surface area contributed by atoms with Crippen LogP contribution in [0.4, 0.5) is 5.69 Å². The molecule has 1 unspecified atom stereocenters. The van der Waals surface area contributed by atoms with E-state index in [1.165, 1.54) is 0 Å². The van der Waals surface area contributed by atoms with E-state index in [0.29, 0.717) is 17.2 Å². The second-order valence-electron chi connectivity index (χ2n) is 8.43. The number of hydrogen-bond acceptors (Lipinski definition) is 6. The molecule has 0 saturated heterocycles. The van der Waals surface area contributed by atoms with E-state index in [2.05, 4.69) is 16.5 Å². The van der Waals surface area contributed by atoms with E-state index in [-0.39, 0.29) is 24.7 Å². The number of rotatable bonds is 9. The number of aromatic nitrogens is 1. The molecule has 3 aromatic carbocycles. The summed E-state index contributed by atoms with van der Waals surface area (Å²) in [5.74, 6) is -0.231. The smallest absolute Gasteiger partial charge is 0.310 e. The number of esters is 1. The summed E-state index contributed by atoms with van der Waals surface area (Å²) < 4.78 is 16.8. The number of fused-ring (bicyclic) bond motifs is 1. The highest BCUT2D eigenvalue weighted by atomic mass is 35.5. The maximum absolute atomic E-state index is 11.8. The SMILES string of the molecule is CCOC(=O)Cc1ccc(-c2cc(NC(C)O[C@H](C)c3ccccc3Cl)c3c(C)noc3c2)cc1. The third-order valence-corrected chi connectivity index (χ3v) is 6.14. The molecule has 0 aliphatic carbocycles. The summed E-state index contributed by atoms with van der Waals surface area (Å²) in [5, 5.41) is 9.21. The number of halogens is 1. The van der Waals surface area contributed by atoms with Crippen LogP contribution in [0.15, 0.2) is 65.2 Å². The zero-order valence-corrected chi connectivity index (χ0v) is 21.1. The van der Waals surface area contributed by atoms with Gasteiger partial charge in [-0.2, -0.15) is 0 Å². The molecule has 0 fully saturated rings. The molecular weight excluding hydrogens is 464 g/mol. The molecule has 2 atom stereocenters. The van der Waals surface area contributed by atoms with E-state index < -0.39 is 0 Å². The summed E-state index contributed by atoms with van der Waals surface area (Å²) in [6, 6.07) is 19.6. The van der Waals surface area contributed by atoms with Gasteiger partial charge in [-0.25, -0.2) is 0 Å². The van der Waals surface area contributed by atoms with Crippen molar-refractivity contribution in [3.8, 4) is 11.1 Å². The van der Waals surface area contributed by atoms with Crippen LogP contribution < -0.4 is 5.32 Å². The Hall–Kier alpha value is -3.35. The lowest BCUT2D eigenvalue weighted by Gasteiger charge is -2.23. The summed E-state index contributed by atoms with van der Waals surface area (Å²) in [4.78, 5) is 11.8. The number of carbonyl (C=O) groups is 1. The highest BCUT2D eigenvalue weighted by molar-refractivity contribution is 6.31. The van der Waals surface area contributed by atoms with Crippen LogP contribution in [0.25, 0.3) is 22.1 Å². The Morgan fingerprint density at radius 3 is 2.54 bits per heavy atom. The Kier molecular flexibility index (Phi) is 7.73. The summed E-state index contributed by atoms with van der Waals surface area (Å²) in [5.41, 5.74) is 6.14. The molecule has 182 valence electrons. The lowest BCUT2D eigenvalue weighted by Crippen LogP contribution is -2.21. The van der Waals surface area contributed by atoms with E-state index in [0.717, 1.165) is 39.0 Å². The quantitative estimate of drug-likeness (QED) is 0.198. The minimum absolute atomic E-state index is 0.194. The number of aryl methyl sites for hydroxylation is 1. The van der Waals surface area contributed by atoms with Crippen LogP contribution in [-0.4, -0.2) is 24.0 Å². The largest absolute Gasteiger partial charge is 0.466 e. The molecule has 4 aromatic rings. The lowest BCUT2D eigenvalue weighted by atomic mass is 10.0. The molecule has 1 heterocycles. The van der Waals surface area contributed by atoms with Crippen LogP contribution in [-0.2, 0) is 20.7 Å². The molecule has 0 aliphatic heterocycles. The summed E-state index contributed by atoms with van der Waals surface area (Å²) >= 11 is 6.34. The third kappa shape index (κ3) is 5.84. The fourth-order valence-electron chi connectivity index (χ4n) is 4.14. The Morgan fingerprint density at radius 2 is 1.83 bits per heavy atom. The fourth-order valence-corrected chi connectivity index (χ4v) is 4.42. The van der Waals surface area contributed by atoms with Gasteiger partial charge in [0, 0.05) is 10.7 Å². The standard InChI is InChI=1S/C28H29ClN2O4/c1-5-33-27(32)14-20-10-12-21(13-11-20)22-15-25(28-17(2)31-35-26(28)16-22)30-19(4)34-18(3)23-8-6-7-9-24(23)29/h6-13,15-16,18-19,30H,5,14H2,1-4H3/t18-,19?/m1/s1. The molecule has 7 heteroatoms. The maximum Gasteiger partial charge on any atom is 0.310 e. The van der Waals surface area contributed by atoms with E-state index in [1.54, 1.807) is 6.92 Å². The van der Waals surface area contributed by atoms with E-state index in [9.17, 15) is 4.79 Å². The van der Waals surface area contributed by atoms with Crippen molar-refractivity contribution in [2.24, 2.45) is 0 Å². The molecule has 0 saturated carbocycles. The first-order valence-corrected chi connectivity index (χ1v) is 12.0. The lowest BCUT2D eigenvalue weighted by molar-refractivity contribution is -0.142. The van der Waals surface area contributed by atoms with E-state index >= 15 is 0 Å². The third-order valence-electron chi connectivity index (χ3n) is 5.80. The molecule has 35 heavy (non-hydrogen) atoms. The Morgan fingerprint density at radius 1 is 1.09 bits per heavy atom. The molecular formula is C28H29ClN2O4. The van der Waals surface area contributed by atoms with Gasteiger partial charge in [-0.15, -0.1) is 0 Å². The van der Waals surface area contributed by atoms with Gasteiger partial charge in [0.1, 0.15) is 6.23 Å². The van der Waals surface area contributed by atoms with Gasteiger partial charge in [-0.1, -0.05) is 59.2 Å². The average molecular weight is 493 g/mol. The molecule has 6 nitrogen and oxygen atoms in total. The summed E-state index contributed by atoms with van der Waals surface area (Å²) in [6.45, 7) is 8.03. The van der Waals surface area contributed by atoms with Crippen molar-refractivity contribution in [3.63, 3.8) is 0 Å². The van der Waals surface area contributed by atoms with Crippen LogP contribution >= 0.6 is 11.6 Å². The molecule has 1 aromatic heterocycles. The minimum Gasteiger partial charge on any atom is -0.466 e. The second kappa shape index (κ2) is 10.9. The van der Waals surface area contributed by atoms with Crippen molar-refractivity contribution in [1.29, 1.82) is 0 Å². The second-order valence-corrected chi connectivity index (χ2v) is 8.84. The Balaban J connectivity index is 1.57. The number of carbonyl (C=O) groups excluding carboxylic acids is 1. The first-order valence-electron chi connectivity index (χ1n) is 11.7. The van der Waals surface area contributed by atoms with Gasteiger partial charge in [-0.3, -0.25) is 4.79 Å². The number of ether oxygens (including phenoxy) is 2. The van der Waals surface area contributed by atoms with Crippen molar-refractivity contribution in [3.05, 3.63) is 82.5 Å². The van der Waals surface area contributed by atoms with Crippen molar-refractivity contribution in [2.45, 2.75) is 46.4 Å². The number of hydrogen-bond donors (Lipinski definition) is 1. The first-order chi connectivity index (χ1) is 16.9. The summed E-state index contributed by atoms with van der Waals surface area (Å²) in [6.07, 6.45) is -0.249. The molecule has 4 rings (SSSR count). The molecule has 0 amide bonds. The van der Waals surface area contributed by atoms with Gasteiger partial charge in [0.2, 0.25) is 0 Å². The molecule has 0 aliphatic rings. The minimum atomic E-state index is -0.305. The van der Waals surface area contributed by atoms with Gasteiger partial charge >= 0.3 is 5.97 Å². The maximum atomic E-state index is 11.8. The van der Waals surface area contributed by atoms with Gasteiger partial charge in [0.25, 0.3) is 0 Å². The molecule has 1 N–H and O–H groups in total. The Labute approximate surface area is 210 Å². The predicted octanol–water partition coefficient (Wildman–Crippen LogP) is 7.10. The number of anilines is 1. The first kappa shape index (κ1) is 24.8. The highest BCUT2D eigenvalue weighted by Gasteiger charge is 2.18.